The predicted molar refractivity (Wildman–Crippen MR) is 39.3 cm³/mol. The van der Waals surface area contributed by atoms with E-state index in [0.29, 0.717) is 5.92 Å². The topological polar surface area (TPSA) is 0 Å². The van der Waals surface area contributed by atoms with Crippen LogP contribution in [0.1, 0.15) is 20.8 Å². The van der Waals surface area contributed by atoms with Gasteiger partial charge in [0.1, 0.15) is 0 Å². The normalized spacial score (nSPS) is 15.6. The first-order chi connectivity index (χ1) is 3.68. The van der Waals surface area contributed by atoms with Crippen LogP contribution in [-0.2, 0) is 0 Å². The molecule has 0 rings (SSSR count). The van der Waals surface area contributed by atoms with Gasteiger partial charge in [-0.2, -0.15) is 0 Å². The summed E-state index contributed by atoms with van der Waals surface area (Å²) in [5.41, 5.74) is 0. The lowest BCUT2D eigenvalue weighted by Crippen LogP contribution is -2.02. The van der Waals surface area contributed by atoms with Crippen LogP contribution in [0.2, 0.25) is 0 Å². The van der Waals surface area contributed by atoms with Crippen LogP contribution in [0, 0.1) is 5.92 Å². The van der Waals surface area contributed by atoms with Gasteiger partial charge in [0, 0.05) is 0 Å². The first-order valence-electron chi connectivity index (χ1n) is 2.95. The summed E-state index contributed by atoms with van der Waals surface area (Å²) in [6.45, 7) is 6.20. The lowest BCUT2D eigenvalue weighted by molar-refractivity contribution is 0.671. The van der Waals surface area contributed by atoms with E-state index in [1.807, 2.05) is 19.1 Å². The molecule has 0 aliphatic carbocycles. The lowest BCUT2D eigenvalue weighted by atomic mass is 10.1. The Hall–Kier alpha value is 0.0300. The Labute approximate surface area is 56.5 Å². The van der Waals surface area contributed by atoms with Crippen molar-refractivity contribution in [1.29, 1.82) is 0 Å². The minimum atomic E-state index is 0.208. The van der Waals surface area contributed by atoms with Crippen molar-refractivity contribution in [2.45, 2.75) is 26.1 Å². The van der Waals surface area contributed by atoms with Crippen LogP contribution >= 0.6 is 11.6 Å². The van der Waals surface area contributed by atoms with Crippen molar-refractivity contribution in [1.82, 2.24) is 0 Å². The minimum Gasteiger partial charge on any atom is -0.118 e. The zero-order chi connectivity index (χ0) is 6.57. The maximum absolute atomic E-state index is 5.83. The molecule has 48 valence electrons. The van der Waals surface area contributed by atoms with Crippen LogP contribution in [0.3, 0.4) is 0 Å². The summed E-state index contributed by atoms with van der Waals surface area (Å²) in [6.07, 6.45) is 3.99. The third kappa shape index (κ3) is 3.09. The zero-order valence-corrected chi connectivity index (χ0v) is 6.44. The van der Waals surface area contributed by atoms with Gasteiger partial charge >= 0.3 is 0 Å². The molecular formula is C7H13Cl. The van der Waals surface area contributed by atoms with Crippen molar-refractivity contribution < 1.29 is 0 Å². The molecule has 1 atom stereocenters. The average Bonchev–Trinajstić information content (AvgIpc) is 1.67. The molecule has 0 heterocycles. The van der Waals surface area contributed by atoms with E-state index < -0.39 is 0 Å². The molecule has 1 heteroatoms. The fourth-order valence-corrected chi connectivity index (χ4v) is 0.552. The first kappa shape index (κ1) is 8.03. The standard InChI is InChI=1S/C7H13Cl/c1-4-5-7(8)6(2)3/h4-7H,1-3H3/b5-4+. The van der Waals surface area contributed by atoms with Gasteiger partial charge in [0.25, 0.3) is 0 Å². The molecule has 0 N–H and O–H groups in total. The average molecular weight is 133 g/mol. The predicted octanol–water partition coefficient (Wildman–Crippen LogP) is 2.83. The SMILES string of the molecule is C/C=C/C(Cl)C(C)C. The van der Waals surface area contributed by atoms with Crippen LogP contribution < -0.4 is 0 Å². The third-order valence-corrected chi connectivity index (χ3v) is 1.66. The summed E-state index contributed by atoms with van der Waals surface area (Å²) in [4.78, 5) is 0. The van der Waals surface area contributed by atoms with Crippen molar-refractivity contribution in [2.75, 3.05) is 0 Å². The Bertz CT molecular complexity index is 74.5. The highest BCUT2D eigenvalue weighted by molar-refractivity contribution is 6.21. The van der Waals surface area contributed by atoms with Gasteiger partial charge < -0.3 is 0 Å². The van der Waals surface area contributed by atoms with Crippen molar-refractivity contribution in [3.8, 4) is 0 Å². The van der Waals surface area contributed by atoms with E-state index in [4.69, 9.17) is 11.6 Å². The molecule has 0 aliphatic heterocycles. The van der Waals surface area contributed by atoms with Gasteiger partial charge in [-0.25, -0.2) is 0 Å². The molecular weight excluding hydrogens is 120 g/mol. The van der Waals surface area contributed by atoms with Gasteiger partial charge in [-0.3, -0.25) is 0 Å². The van der Waals surface area contributed by atoms with Crippen molar-refractivity contribution >= 4 is 11.6 Å². The largest absolute Gasteiger partial charge is 0.118 e. The number of hydrogen-bond acceptors (Lipinski definition) is 0. The molecule has 0 aromatic rings. The maximum Gasteiger partial charge on any atom is 0.0538 e. The Morgan fingerprint density at radius 1 is 1.38 bits per heavy atom. The van der Waals surface area contributed by atoms with E-state index in [0.717, 1.165) is 0 Å². The highest BCUT2D eigenvalue weighted by Crippen LogP contribution is 2.09. The summed E-state index contributed by atoms with van der Waals surface area (Å²) in [5.74, 6) is 0.549. The van der Waals surface area contributed by atoms with Crippen LogP contribution in [0.25, 0.3) is 0 Å². The number of allylic oxidation sites excluding steroid dienone is 2. The van der Waals surface area contributed by atoms with E-state index in [2.05, 4.69) is 13.8 Å². The highest BCUT2D eigenvalue weighted by Gasteiger charge is 2.02. The van der Waals surface area contributed by atoms with Gasteiger partial charge in [-0.05, 0) is 12.8 Å². The summed E-state index contributed by atoms with van der Waals surface area (Å²) >= 11 is 5.83. The molecule has 0 saturated carbocycles. The van der Waals surface area contributed by atoms with Gasteiger partial charge in [0.05, 0.1) is 5.38 Å². The third-order valence-electron chi connectivity index (χ3n) is 1.01. The molecule has 0 nitrogen and oxygen atoms in total. The van der Waals surface area contributed by atoms with Crippen molar-refractivity contribution in [3.63, 3.8) is 0 Å². The second-order valence-electron chi connectivity index (χ2n) is 2.21. The van der Waals surface area contributed by atoms with E-state index in [-0.39, 0.29) is 5.38 Å². The van der Waals surface area contributed by atoms with E-state index in [1.165, 1.54) is 0 Å². The Kier molecular flexibility index (Phi) is 3.98. The maximum atomic E-state index is 5.83. The van der Waals surface area contributed by atoms with Gasteiger partial charge in [0.2, 0.25) is 0 Å². The molecule has 0 bridgehead atoms. The molecule has 0 spiro atoms. The molecule has 8 heavy (non-hydrogen) atoms. The monoisotopic (exact) mass is 132 g/mol. The Balaban J connectivity index is 3.47. The second-order valence-corrected chi connectivity index (χ2v) is 2.72. The number of alkyl halides is 1. The Morgan fingerprint density at radius 3 is 2.00 bits per heavy atom. The smallest absolute Gasteiger partial charge is 0.0538 e. The molecule has 0 aromatic heterocycles. The lowest BCUT2D eigenvalue weighted by Gasteiger charge is -2.05. The first-order valence-corrected chi connectivity index (χ1v) is 3.39. The fourth-order valence-electron chi connectivity index (χ4n) is 0.406. The number of hydrogen-bond donors (Lipinski definition) is 0. The molecule has 0 aromatic carbocycles. The summed E-state index contributed by atoms with van der Waals surface area (Å²) in [6, 6.07) is 0. The highest BCUT2D eigenvalue weighted by atomic mass is 35.5. The van der Waals surface area contributed by atoms with E-state index in [1.54, 1.807) is 0 Å². The molecule has 0 saturated heterocycles. The zero-order valence-electron chi connectivity index (χ0n) is 5.69. The fraction of sp³-hybridized carbons (Fsp3) is 0.714. The number of halogens is 1. The molecule has 0 amide bonds. The second kappa shape index (κ2) is 3.96. The molecule has 0 aliphatic rings. The van der Waals surface area contributed by atoms with E-state index >= 15 is 0 Å². The van der Waals surface area contributed by atoms with Crippen LogP contribution in [0.4, 0.5) is 0 Å². The van der Waals surface area contributed by atoms with Crippen LogP contribution in [0.15, 0.2) is 12.2 Å². The summed E-state index contributed by atoms with van der Waals surface area (Å²) in [5, 5.41) is 0.208. The molecule has 1 unspecified atom stereocenters. The quantitative estimate of drug-likeness (QED) is 0.401. The molecule has 0 radical (unpaired) electrons. The Morgan fingerprint density at radius 2 is 1.88 bits per heavy atom. The van der Waals surface area contributed by atoms with Gasteiger partial charge in [0.15, 0.2) is 0 Å². The van der Waals surface area contributed by atoms with Gasteiger partial charge in [-0.1, -0.05) is 26.0 Å². The van der Waals surface area contributed by atoms with Crippen molar-refractivity contribution in [3.05, 3.63) is 12.2 Å². The van der Waals surface area contributed by atoms with Crippen LogP contribution in [0.5, 0.6) is 0 Å². The van der Waals surface area contributed by atoms with E-state index in [9.17, 15) is 0 Å². The molecule has 0 fully saturated rings. The minimum absolute atomic E-state index is 0.208. The summed E-state index contributed by atoms with van der Waals surface area (Å²) < 4.78 is 0. The van der Waals surface area contributed by atoms with Crippen LogP contribution in [-0.4, -0.2) is 5.38 Å². The number of rotatable bonds is 2. The van der Waals surface area contributed by atoms with Gasteiger partial charge in [-0.15, -0.1) is 11.6 Å². The van der Waals surface area contributed by atoms with Crippen molar-refractivity contribution in [2.24, 2.45) is 5.92 Å². The summed E-state index contributed by atoms with van der Waals surface area (Å²) in [7, 11) is 0.